The molecule has 0 radical (unpaired) electrons. The minimum atomic E-state index is 0.197. The Bertz CT molecular complexity index is 245. The van der Waals surface area contributed by atoms with Crippen LogP contribution in [0.2, 0.25) is 0 Å². The van der Waals surface area contributed by atoms with Crippen molar-refractivity contribution < 1.29 is 4.79 Å². The molecule has 15 heavy (non-hydrogen) atoms. The predicted octanol–water partition coefficient (Wildman–Crippen LogP) is 3.98. The first kappa shape index (κ1) is 12.5. The lowest BCUT2D eigenvalue weighted by molar-refractivity contribution is -0.110. The van der Waals surface area contributed by atoms with Gasteiger partial charge < -0.3 is 4.79 Å². The standard InChI is InChI=1S/C14H24O/c1-11(10-15)9-12-5-7-13(8-6-12)14(2,3)4/h5,10-11,13H,6-9H2,1-4H3. The van der Waals surface area contributed by atoms with Crippen molar-refractivity contribution in [2.24, 2.45) is 17.3 Å². The van der Waals surface area contributed by atoms with Crippen LogP contribution in [0.25, 0.3) is 0 Å². The number of aldehydes is 1. The third-order valence-electron chi connectivity index (χ3n) is 3.55. The van der Waals surface area contributed by atoms with Gasteiger partial charge in [-0.05, 0) is 37.0 Å². The van der Waals surface area contributed by atoms with Crippen molar-refractivity contribution in [3.05, 3.63) is 11.6 Å². The van der Waals surface area contributed by atoms with Crippen molar-refractivity contribution >= 4 is 6.29 Å². The Hall–Kier alpha value is -0.590. The summed E-state index contributed by atoms with van der Waals surface area (Å²) >= 11 is 0. The van der Waals surface area contributed by atoms with Crippen molar-refractivity contribution in [3.63, 3.8) is 0 Å². The first-order valence-electron chi connectivity index (χ1n) is 6.06. The van der Waals surface area contributed by atoms with Crippen molar-refractivity contribution in [1.29, 1.82) is 0 Å². The van der Waals surface area contributed by atoms with E-state index >= 15 is 0 Å². The second-order valence-corrected chi connectivity index (χ2v) is 6.02. The second kappa shape index (κ2) is 4.96. The van der Waals surface area contributed by atoms with Crippen LogP contribution in [0.5, 0.6) is 0 Å². The van der Waals surface area contributed by atoms with Gasteiger partial charge in [-0.3, -0.25) is 0 Å². The molecule has 0 saturated carbocycles. The van der Waals surface area contributed by atoms with Gasteiger partial charge in [0, 0.05) is 5.92 Å². The fraction of sp³-hybridized carbons (Fsp3) is 0.786. The molecule has 0 heterocycles. The summed E-state index contributed by atoms with van der Waals surface area (Å²) in [5.41, 5.74) is 1.92. The van der Waals surface area contributed by atoms with Gasteiger partial charge in [0.25, 0.3) is 0 Å². The topological polar surface area (TPSA) is 17.1 Å². The number of carbonyl (C=O) groups is 1. The number of rotatable bonds is 3. The number of carbonyl (C=O) groups excluding carboxylic acids is 1. The molecule has 0 fully saturated rings. The molecule has 86 valence electrons. The summed E-state index contributed by atoms with van der Waals surface area (Å²) < 4.78 is 0. The Morgan fingerprint density at radius 3 is 2.60 bits per heavy atom. The maximum Gasteiger partial charge on any atom is 0.123 e. The van der Waals surface area contributed by atoms with Crippen LogP contribution in [-0.4, -0.2) is 6.29 Å². The van der Waals surface area contributed by atoms with Gasteiger partial charge >= 0.3 is 0 Å². The summed E-state index contributed by atoms with van der Waals surface area (Å²) in [6, 6.07) is 0. The van der Waals surface area contributed by atoms with E-state index in [1.165, 1.54) is 24.8 Å². The molecule has 1 rings (SSSR count). The van der Waals surface area contributed by atoms with E-state index in [0.29, 0.717) is 5.41 Å². The highest BCUT2D eigenvalue weighted by Crippen LogP contribution is 2.38. The van der Waals surface area contributed by atoms with Crippen molar-refractivity contribution in [3.8, 4) is 0 Å². The SMILES string of the molecule is CC(C=O)CC1=CCC(C(C)(C)C)CC1. The van der Waals surface area contributed by atoms with Gasteiger partial charge in [0.15, 0.2) is 0 Å². The molecule has 0 amide bonds. The zero-order valence-electron chi connectivity index (χ0n) is 10.5. The smallest absolute Gasteiger partial charge is 0.123 e. The molecule has 0 N–H and O–H groups in total. The Morgan fingerprint density at radius 1 is 1.53 bits per heavy atom. The molecule has 2 atom stereocenters. The summed E-state index contributed by atoms with van der Waals surface area (Å²) in [5.74, 6) is 1.01. The molecule has 2 unspecified atom stereocenters. The average molecular weight is 208 g/mol. The quantitative estimate of drug-likeness (QED) is 0.506. The molecule has 0 spiro atoms. The van der Waals surface area contributed by atoms with Crippen molar-refractivity contribution in [2.75, 3.05) is 0 Å². The van der Waals surface area contributed by atoms with E-state index in [1.54, 1.807) is 0 Å². The van der Waals surface area contributed by atoms with Crippen LogP contribution in [0.3, 0.4) is 0 Å². The van der Waals surface area contributed by atoms with E-state index in [-0.39, 0.29) is 5.92 Å². The van der Waals surface area contributed by atoms with E-state index in [9.17, 15) is 4.79 Å². The zero-order chi connectivity index (χ0) is 11.5. The highest BCUT2D eigenvalue weighted by atomic mass is 16.1. The van der Waals surface area contributed by atoms with Gasteiger partial charge in [0.1, 0.15) is 6.29 Å². The van der Waals surface area contributed by atoms with Crippen LogP contribution in [0, 0.1) is 17.3 Å². The number of allylic oxidation sites excluding steroid dienone is 2. The Morgan fingerprint density at radius 2 is 2.20 bits per heavy atom. The summed E-state index contributed by atoms with van der Waals surface area (Å²) in [6.07, 6.45) is 8.10. The zero-order valence-corrected chi connectivity index (χ0v) is 10.5. The molecular formula is C14H24O. The van der Waals surface area contributed by atoms with Crippen LogP contribution < -0.4 is 0 Å². The number of hydrogen-bond donors (Lipinski definition) is 0. The van der Waals surface area contributed by atoms with Gasteiger partial charge in [-0.25, -0.2) is 0 Å². The van der Waals surface area contributed by atoms with Gasteiger partial charge in [0.05, 0.1) is 0 Å². The van der Waals surface area contributed by atoms with E-state index in [2.05, 4.69) is 26.8 Å². The lowest BCUT2D eigenvalue weighted by Gasteiger charge is -2.33. The largest absolute Gasteiger partial charge is 0.303 e. The monoisotopic (exact) mass is 208 g/mol. The van der Waals surface area contributed by atoms with Crippen molar-refractivity contribution in [2.45, 2.75) is 53.4 Å². The normalized spacial score (nSPS) is 24.5. The summed E-state index contributed by atoms with van der Waals surface area (Å²) in [7, 11) is 0. The van der Waals surface area contributed by atoms with E-state index < -0.39 is 0 Å². The van der Waals surface area contributed by atoms with Crippen LogP contribution >= 0.6 is 0 Å². The van der Waals surface area contributed by atoms with Gasteiger partial charge in [-0.2, -0.15) is 0 Å². The molecule has 1 nitrogen and oxygen atoms in total. The van der Waals surface area contributed by atoms with Crippen LogP contribution in [-0.2, 0) is 4.79 Å². The minimum Gasteiger partial charge on any atom is -0.303 e. The fourth-order valence-corrected chi connectivity index (χ4v) is 2.32. The molecule has 1 heteroatoms. The average Bonchev–Trinajstić information content (AvgIpc) is 2.17. The lowest BCUT2D eigenvalue weighted by Crippen LogP contribution is -2.22. The highest BCUT2D eigenvalue weighted by molar-refractivity contribution is 5.53. The summed E-state index contributed by atoms with van der Waals surface area (Å²) in [5, 5.41) is 0. The molecule has 0 aliphatic heterocycles. The molecule has 0 aromatic rings. The molecule has 0 saturated heterocycles. The maximum atomic E-state index is 10.6. The Labute approximate surface area is 93.9 Å². The Kier molecular flexibility index (Phi) is 4.12. The third kappa shape index (κ3) is 3.81. The molecule has 0 aromatic heterocycles. The molecule has 0 bridgehead atoms. The molecule has 1 aliphatic rings. The molecule has 0 aromatic carbocycles. The van der Waals surface area contributed by atoms with E-state index in [4.69, 9.17) is 0 Å². The lowest BCUT2D eigenvalue weighted by atomic mass is 9.72. The first-order chi connectivity index (χ1) is 6.93. The van der Waals surface area contributed by atoms with E-state index in [0.717, 1.165) is 18.6 Å². The summed E-state index contributed by atoms with van der Waals surface area (Å²) in [4.78, 5) is 10.6. The Balaban J connectivity index is 2.48. The molecular weight excluding hydrogens is 184 g/mol. The molecule has 1 aliphatic carbocycles. The third-order valence-corrected chi connectivity index (χ3v) is 3.55. The first-order valence-corrected chi connectivity index (χ1v) is 6.06. The van der Waals surface area contributed by atoms with Gasteiger partial charge in [-0.1, -0.05) is 39.3 Å². The minimum absolute atomic E-state index is 0.197. The highest BCUT2D eigenvalue weighted by Gasteiger charge is 2.26. The van der Waals surface area contributed by atoms with Crippen LogP contribution in [0.1, 0.15) is 53.4 Å². The van der Waals surface area contributed by atoms with Crippen molar-refractivity contribution in [1.82, 2.24) is 0 Å². The fourth-order valence-electron chi connectivity index (χ4n) is 2.32. The van der Waals surface area contributed by atoms with Crippen LogP contribution in [0.4, 0.5) is 0 Å². The second-order valence-electron chi connectivity index (χ2n) is 6.02. The maximum absolute atomic E-state index is 10.6. The summed E-state index contributed by atoms with van der Waals surface area (Å²) in [6.45, 7) is 8.98. The predicted molar refractivity (Wildman–Crippen MR) is 64.7 cm³/mol. The number of hydrogen-bond acceptors (Lipinski definition) is 1. The van der Waals surface area contributed by atoms with Gasteiger partial charge in [-0.15, -0.1) is 0 Å². The van der Waals surface area contributed by atoms with Crippen LogP contribution in [0.15, 0.2) is 11.6 Å². The van der Waals surface area contributed by atoms with Gasteiger partial charge in [0.2, 0.25) is 0 Å². The van der Waals surface area contributed by atoms with E-state index in [1.807, 2.05) is 6.92 Å².